The number of thiophene rings is 1. The zero-order valence-corrected chi connectivity index (χ0v) is 16.4. The molecule has 1 aliphatic rings. The summed E-state index contributed by atoms with van der Waals surface area (Å²) in [6.07, 6.45) is 5.78. The van der Waals surface area contributed by atoms with Crippen LogP contribution in [0.15, 0.2) is 34.8 Å². The van der Waals surface area contributed by atoms with E-state index in [4.69, 9.17) is 11.6 Å². The second kappa shape index (κ2) is 6.26. The molecule has 0 unspecified atom stereocenters. The Morgan fingerprint density at radius 3 is 2.96 bits per heavy atom. The minimum Gasteiger partial charge on any atom is -0.345 e. The van der Waals surface area contributed by atoms with Crippen LogP contribution in [0.5, 0.6) is 0 Å². The van der Waals surface area contributed by atoms with Crippen LogP contribution in [0, 0.1) is 0 Å². The van der Waals surface area contributed by atoms with Crippen molar-refractivity contribution in [2.75, 3.05) is 0 Å². The number of hydrogen-bond acceptors (Lipinski definition) is 6. The number of nitrogens with zero attached hydrogens (tertiary/aromatic N) is 4. The Bertz CT molecular complexity index is 1240. The molecule has 0 radical (unpaired) electrons. The highest BCUT2D eigenvalue weighted by Gasteiger charge is 2.33. The zero-order chi connectivity index (χ0) is 18.6. The van der Waals surface area contributed by atoms with Crippen molar-refractivity contribution in [1.29, 1.82) is 0 Å². The van der Waals surface area contributed by atoms with E-state index in [1.165, 1.54) is 6.07 Å². The fourth-order valence-electron chi connectivity index (χ4n) is 3.71. The molecule has 2 N–H and O–H groups in total. The summed E-state index contributed by atoms with van der Waals surface area (Å²) in [5.74, 6) is 0.970. The van der Waals surface area contributed by atoms with Crippen molar-refractivity contribution in [3.05, 3.63) is 40.8 Å². The molecule has 140 valence electrons. The standard InChI is InChI=1S/C16H15ClN6O2S2/c17-12-3-4-14(26-12)27(24,25)22-10-2-1-9(7-10)16-21-20-13-8-19-15-11(23(13)16)5-6-18-15/h3-6,8-10,18,22H,1-2,7H2/t9-,10+/m1/s1. The smallest absolute Gasteiger partial charge is 0.250 e. The number of halogens is 1. The van der Waals surface area contributed by atoms with Gasteiger partial charge >= 0.3 is 0 Å². The van der Waals surface area contributed by atoms with Gasteiger partial charge in [-0.25, -0.2) is 18.1 Å². The SMILES string of the molecule is O=S(=O)(N[C@H]1CC[C@@H](c2nnc3cnc4[nH]ccc4n23)C1)c1ccc(Cl)s1. The van der Waals surface area contributed by atoms with Crippen molar-refractivity contribution in [1.82, 2.24) is 29.3 Å². The Labute approximate surface area is 163 Å². The molecule has 0 amide bonds. The quantitative estimate of drug-likeness (QED) is 0.526. The van der Waals surface area contributed by atoms with Gasteiger partial charge in [-0.3, -0.25) is 4.40 Å². The molecule has 4 aromatic heterocycles. The van der Waals surface area contributed by atoms with Gasteiger partial charge in [-0.2, -0.15) is 0 Å². The first-order valence-corrected chi connectivity index (χ1v) is 11.1. The molecule has 5 rings (SSSR count). The Balaban J connectivity index is 1.41. The Hall–Kier alpha value is -2.01. The number of rotatable bonds is 4. The normalized spacial score (nSPS) is 20.8. The predicted molar refractivity (Wildman–Crippen MR) is 103 cm³/mol. The largest absolute Gasteiger partial charge is 0.345 e. The number of aromatic amines is 1. The minimum atomic E-state index is -3.56. The maximum atomic E-state index is 12.5. The maximum absolute atomic E-state index is 12.5. The maximum Gasteiger partial charge on any atom is 0.250 e. The van der Waals surface area contributed by atoms with Crippen molar-refractivity contribution in [2.24, 2.45) is 0 Å². The summed E-state index contributed by atoms with van der Waals surface area (Å²) in [7, 11) is -3.56. The summed E-state index contributed by atoms with van der Waals surface area (Å²) < 4.78 is 30.6. The molecule has 0 aliphatic heterocycles. The van der Waals surface area contributed by atoms with E-state index >= 15 is 0 Å². The summed E-state index contributed by atoms with van der Waals surface area (Å²) in [5.41, 5.74) is 2.38. The van der Waals surface area contributed by atoms with Crippen molar-refractivity contribution in [3.63, 3.8) is 0 Å². The lowest BCUT2D eigenvalue weighted by Crippen LogP contribution is -2.32. The molecule has 1 aliphatic carbocycles. The molecule has 2 atom stereocenters. The van der Waals surface area contributed by atoms with E-state index in [0.29, 0.717) is 16.4 Å². The van der Waals surface area contributed by atoms with Crippen LogP contribution >= 0.6 is 22.9 Å². The molecule has 27 heavy (non-hydrogen) atoms. The van der Waals surface area contributed by atoms with Crippen molar-refractivity contribution in [2.45, 2.75) is 35.4 Å². The number of fused-ring (bicyclic) bond motifs is 3. The Morgan fingerprint density at radius 2 is 2.15 bits per heavy atom. The number of hydrogen-bond donors (Lipinski definition) is 2. The molecular formula is C16H15ClN6O2S2. The summed E-state index contributed by atoms with van der Waals surface area (Å²) >= 11 is 6.93. The van der Waals surface area contributed by atoms with Crippen LogP contribution in [-0.2, 0) is 10.0 Å². The first kappa shape index (κ1) is 17.1. The Kier molecular flexibility index (Phi) is 3.97. The third kappa shape index (κ3) is 2.92. The van der Waals surface area contributed by atoms with Crippen LogP contribution < -0.4 is 4.72 Å². The van der Waals surface area contributed by atoms with Gasteiger partial charge in [-0.05, 0) is 37.5 Å². The van der Waals surface area contributed by atoms with E-state index in [1.807, 2.05) is 16.7 Å². The Morgan fingerprint density at radius 1 is 1.26 bits per heavy atom. The van der Waals surface area contributed by atoms with Crippen molar-refractivity contribution < 1.29 is 8.42 Å². The highest BCUT2D eigenvalue weighted by Crippen LogP contribution is 2.35. The van der Waals surface area contributed by atoms with E-state index in [0.717, 1.165) is 41.2 Å². The highest BCUT2D eigenvalue weighted by atomic mass is 35.5. The van der Waals surface area contributed by atoms with Gasteiger partial charge in [-0.1, -0.05) is 11.6 Å². The first-order valence-electron chi connectivity index (χ1n) is 8.46. The van der Waals surface area contributed by atoms with Crippen LogP contribution in [0.4, 0.5) is 0 Å². The lowest BCUT2D eigenvalue weighted by Gasteiger charge is -2.12. The highest BCUT2D eigenvalue weighted by molar-refractivity contribution is 7.91. The van der Waals surface area contributed by atoms with Gasteiger partial charge < -0.3 is 4.98 Å². The van der Waals surface area contributed by atoms with E-state index in [2.05, 4.69) is 24.9 Å². The third-order valence-corrected chi connectivity index (χ3v) is 8.14. The van der Waals surface area contributed by atoms with Gasteiger partial charge in [0.15, 0.2) is 11.3 Å². The minimum absolute atomic E-state index is 0.125. The van der Waals surface area contributed by atoms with Gasteiger partial charge in [-0.15, -0.1) is 21.5 Å². The molecule has 4 aromatic rings. The van der Waals surface area contributed by atoms with E-state index in [-0.39, 0.29) is 16.2 Å². The van der Waals surface area contributed by atoms with Crippen molar-refractivity contribution >= 4 is 49.8 Å². The van der Waals surface area contributed by atoms with E-state index < -0.39 is 10.0 Å². The molecule has 0 saturated heterocycles. The number of nitrogens with one attached hydrogen (secondary N) is 2. The molecule has 8 nitrogen and oxygen atoms in total. The van der Waals surface area contributed by atoms with Crippen LogP contribution in [0.25, 0.3) is 16.8 Å². The van der Waals surface area contributed by atoms with Gasteiger partial charge in [0, 0.05) is 18.2 Å². The van der Waals surface area contributed by atoms with Crippen LogP contribution in [-0.4, -0.2) is 39.0 Å². The average molecular weight is 423 g/mol. The lowest BCUT2D eigenvalue weighted by molar-refractivity contribution is 0.548. The summed E-state index contributed by atoms with van der Waals surface area (Å²) in [4.78, 5) is 7.42. The first-order chi connectivity index (χ1) is 13.0. The third-order valence-electron chi connectivity index (χ3n) is 4.90. The summed E-state index contributed by atoms with van der Waals surface area (Å²) in [6, 6.07) is 4.93. The molecule has 1 fully saturated rings. The van der Waals surface area contributed by atoms with Gasteiger partial charge in [0.25, 0.3) is 0 Å². The molecule has 1 saturated carbocycles. The zero-order valence-electron chi connectivity index (χ0n) is 14.0. The molecule has 0 bridgehead atoms. The number of sulfonamides is 1. The van der Waals surface area contributed by atoms with E-state index in [9.17, 15) is 8.42 Å². The number of H-pyrrole nitrogens is 1. The molecule has 11 heteroatoms. The van der Waals surface area contributed by atoms with Gasteiger partial charge in [0.1, 0.15) is 10.0 Å². The average Bonchev–Trinajstić information content (AvgIpc) is 3.39. The van der Waals surface area contributed by atoms with Gasteiger partial charge in [0.2, 0.25) is 10.0 Å². The fourth-order valence-corrected chi connectivity index (χ4v) is 6.49. The second-order valence-electron chi connectivity index (χ2n) is 6.61. The fraction of sp³-hybridized carbons (Fsp3) is 0.312. The molecular weight excluding hydrogens is 408 g/mol. The van der Waals surface area contributed by atoms with Crippen LogP contribution in [0.1, 0.15) is 31.0 Å². The topological polar surface area (TPSA) is 105 Å². The molecule has 0 spiro atoms. The monoisotopic (exact) mass is 422 g/mol. The summed E-state index contributed by atoms with van der Waals surface area (Å²) in [5, 5.41) is 8.59. The van der Waals surface area contributed by atoms with Crippen LogP contribution in [0.2, 0.25) is 4.34 Å². The summed E-state index contributed by atoms with van der Waals surface area (Å²) in [6.45, 7) is 0. The van der Waals surface area contributed by atoms with Gasteiger partial charge in [0.05, 0.1) is 16.0 Å². The van der Waals surface area contributed by atoms with E-state index in [1.54, 1.807) is 12.3 Å². The molecule has 4 heterocycles. The lowest BCUT2D eigenvalue weighted by atomic mass is 10.1. The number of aromatic nitrogens is 5. The van der Waals surface area contributed by atoms with Crippen LogP contribution in [0.3, 0.4) is 0 Å². The molecule has 0 aromatic carbocycles. The second-order valence-corrected chi connectivity index (χ2v) is 10.3. The predicted octanol–water partition coefficient (Wildman–Crippen LogP) is 2.94. The van der Waals surface area contributed by atoms with Crippen molar-refractivity contribution in [3.8, 4) is 0 Å².